The zero-order valence-corrected chi connectivity index (χ0v) is 13.0. The molecular formula is C17H26N2O. The number of hydrogen-bond acceptors (Lipinski definition) is 2. The Morgan fingerprint density at radius 2 is 1.80 bits per heavy atom. The molecule has 1 aliphatic carbocycles. The van der Waals surface area contributed by atoms with E-state index in [1.54, 1.807) is 19.0 Å². The molecule has 110 valence electrons. The Hall–Kier alpha value is -1.51. The highest BCUT2D eigenvalue weighted by atomic mass is 16.2. The molecule has 2 rings (SSSR count). The molecule has 3 heteroatoms. The maximum atomic E-state index is 11.8. The summed E-state index contributed by atoms with van der Waals surface area (Å²) in [4.78, 5) is 13.4. The van der Waals surface area contributed by atoms with Crippen LogP contribution in [0.5, 0.6) is 0 Å². The second kappa shape index (κ2) is 6.29. The molecule has 0 saturated heterocycles. The SMILES string of the molecule is CC1CCC(Nc2ccc(C(=O)N(C)C)cc2)C(C)C1. The van der Waals surface area contributed by atoms with Crippen molar-refractivity contribution in [3.05, 3.63) is 29.8 Å². The normalized spacial score (nSPS) is 26.1. The van der Waals surface area contributed by atoms with Crippen LogP contribution in [0.4, 0.5) is 5.69 Å². The van der Waals surface area contributed by atoms with E-state index in [4.69, 9.17) is 0 Å². The lowest BCUT2D eigenvalue weighted by atomic mass is 9.80. The molecular weight excluding hydrogens is 248 g/mol. The number of nitrogens with one attached hydrogen (secondary N) is 1. The van der Waals surface area contributed by atoms with Crippen LogP contribution in [0.2, 0.25) is 0 Å². The summed E-state index contributed by atoms with van der Waals surface area (Å²) in [5.74, 6) is 1.61. The van der Waals surface area contributed by atoms with E-state index in [-0.39, 0.29) is 5.91 Å². The minimum atomic E-state index is 0.0522. The van der Waals surface area contributed by atoms with Gasteiger partial charge in [0.1, 0.15) is 0 Å². The average Bonchev–Trinajstić information content (AvgIpc) is 2.42. The maximum absolute atomic E-state index is 11.8. The second-order valence-corrected chi connectivity index (χ2v) is 6.42. The molecule has 20 heavy (non-hydrogen) atoms. The van der Waals surface area contributed by atoms with Gasteiger partial charge >= 0.3 is 0 Å². The van der Waals surface area contributed by atoms with E-state index in [0.717, 1.165) is 17.2 Å². The smallest absolute Gasteiger partial charge is 0.253 e. The van der Waals surface area contributed by atoms with Gasteiger partial charge in [0.15, 0.2) is 0 Å². The third-order valence-corrected chi connectivity index (χ3v) is 4.32. The first-order chi connectivity index (χ1) is 9.47. The monoisotopic (exact) mass is 274 g/mol. The van der Waals surface area contributed by atoms with Gasteiger partial charge in [-0.15, -0.1) is 0 Å². The highest BCUT2D eigenvalue weighted by Crippen LogP contribution is 2.30. The Balaban J connectivity index is 1.99. The molecule has 0 aliphatic heterocycles. The van der Waals surface area contributed by atoms with Crippen LogP contribution >= 0.6 is 0 Å². The van der Waals surface area contributed by atoms with Crippen LogP contribution in [-0.2, 0) is 0 Å². The molecule has 3 atom stereocenters. The van der Waals surface area contributed by atoms with E-state index >= 15 is 0 Å². The summed E-state index contributed by atoms with van der Waals surface area (Å²) in [6, 6.07) is 8.39. The summed E-state index contributed by atoms with van der Waals surface area (Å²) < 4.78 is 0. The third kappa shape index (κ3) is 3.53. The maximum Gasteiger partial charge on any atom is 0.253 e. The molecule has 0 radical (unpaired) electrons. The summed E-state index contributed by atoms with van der Waals surface area (Å²) in [6.07, 6.45) is 3.84. The Kier molecular flexibility index (Phi) is 4.69. The van der Waals surface area contributed by atoms with Gasteiger partial charge in [-0.1, -0.05) is 13.8 Å². The largest absolute Gasteiger partial charge is 0.382 e. The van der Waals surface area contributed by atoms with Gasteiger partial charge in [-0.3, -0.25) is 4.79 Å². The molecule has 1 N–H and O–H groups in total. The van der Waals surface area contributed by atoms with E-state index in [1.807, 2.05) is 24.3 Å². The van der Waals surface area contributed by atoms with Crippen molar-refractivity contribution in [3.8, 4) is 0 Å². The third-order valence-electron chi connectivity index (χ3n) is 4.32. The van der Waals surface area contributed by atoms with Crippen molar-refractivity contribution in [2.24, 2.45) is 11.8 Å². The predicted molar refractivity (Wildman–Crippen MR) is 84.0 cm³/mol. The number of amides is 1. The molecule has 1 aromatic carbocycles. The molecule has 0 heterocycles. The predicted octanol–water partition coefficient (Wildman–Crippen LogP) is 3.63. The number of carbonyl (C=O) groups is 1. The van der Waals surface area contributed by atoms with Crippen molar-refractivity contribution >= 4 is 11.6 Å². The first-order valence-electron chi connectivity index (χ1n) is 7.55. The van der Waals surface area contributed by atoms with Crippen molar-refractivity contribution in [2.45, 2.75) is 39.2 Å². The second-order valence-electron chi connectivity index (χ2n) is 6.42. The molecule has 1 saturated carbocycles. The number of anilines is 1. The van der Waals surface area contributed by atoms with Crippen molar-refractivity contribution in [1.82, 2.24) is 4.90 Å². The van der Waals surface area contributed by atoms with Crippen LogP contribution in [0.3, 0.4) is 0 Å². The Bertz CT molecular complexity index is 453. The van der Waals surface area contributed by atoms with Gasteiger partial charge in [0.05, 0.1) is 0 Å². The highest BCUT2D eigenvalue weighted by molar-refractivity contribution is 5.94. The average molecular weight is 274 g/mol. The van der Waals surface area contributed by atoms with E-state index in [0.29, 0.717) is 12.0 Å². The topological polar surface area (TPSA) is 32.3 Å². The van der Waals surface area contributed by atoms with E-state index < -0.39 is 0 Å². The van der Waals surface area contributed by atoms with E-state index in [2.05, 4.69) is 19.2 Å². The summed E-state index contributed by atoms with van der Waals surface area (Å²) in [5, 5.41) is 3.62. The first-order valence-corrected chi connectivity index (χ1v) is 7.55. The number of carbonyl (C=O) groups excluding carboxylic acids is 1. The quantitative estimate of drug-likeness (QED) is 0.913. The van der Waals surface area contributed by atoms with Crippen LogP contribution in [0.15, 0.2) is 24.3 Å². The molecule has 1 amide bonds. The van der Waals surface area contributed by atoms with Crippen LogP contribution in [0, 0.1) is 11.8 Å². The number of nitrogens with zero attached hydrogens (tertiary/aromatic N) is 1. The van der Waals surface area contributed by atoms with E-state index in [1.165, 1.54) is 19.3 Å². The molecule has 0 bridgehead atoms. The van der Waals surface area contributed by atoms with Gasteiger partial charge in [-0.25, -0.2) is 0 Å². The molecule has 1 aliphatic rings. The summed E-state index contributed by atoms with van der Waals surface area (Å²) in [7, 11) is 3.55. The lowest BCUT2D eigenvalue weighted by Crippen LogP contribution is -2.33. The lowest BCUT2D eigenvalue weighted by molar-refractivity contribution is 0.0827. The van der Waals surface area contributed by atoms with E-state index in [9.17, 15) is 4.79 Å². The summed E-state index contributed by atoms with van der Waals surface area (Å²) in [5.41, 5.74) is 1.86. The Morgan fingerprint density at radius 1 is 1.15 bits per heavy atom. The molecule has 1 aromatic rings. The lowest BCUT2D eigenvalue weighted by Gasteiger charge is -2.33. The van der Waals surface area contributed by atoms with Gasteiger partial charge in [0.2, 0.25) is 0 Å². The van der Waals surface area contributed by atoms with Gasteiger partial charge < -0.3 is 10.2 Å². The zero-order chi connectivity index (χ0) is 14.7. The van der Waals surface area contributed by atoms with Gasteiger partial charge in [-0.05, 0) is 55.4 Å². The fraction of sp³-hybridized carbons (Fsp3) is 0.588. The number of hydrogen-bond donors (Lipinski definition) is 1. The fourth-order valence-electron chi connectivity index (χ4n) is 3.06. The van der Waals surface area contributed by atoms with Crippen molar-refractivity contribution in [3.63, 3.8) is 0 Å². The highest BCUT2D eigenvalue weighted by Gasteiger charge is 2.25. The molecule has 3 nitrogen and oxygen atoms in total. The van der Waals surface area contributed by atoms with Crippen LogP contribution in [0.1, 0.15) is 43.5 Å². The van der Waals surface area contributed by atoms with Gasteiger partial charge in [0.25, 0.3) is 5.91 Å². The van der Waals surface area contributed by atoms with Crippen molar-refractivity contribution < 1.29 is 4.79 Å². The van der Waals surface area contributed by atoms with Crippen molar-refractivity contribution in [1.29, 1.82) is 0 Å². The standard InChI is InChI=1S/C17H26N2O/c1-12-5-10-16(13(2)11-12)18-15-8-6-14(7-9-15)17(20)19(3)4/h6-9,12-13,16,18H,5,10-11H2,1-4H3. The van der Waals surface area contributed by atoms with Gasteiger partial charge in [0, 0.05) is 31.4 Å². The van der Waals surface area contributed by atoms with Crippen LogP contribution in [-0.4, -0.2) is 30.9 Å². The summed E-state index contributed by atoms with van der Waals surface area (Å²) in [6.45, 7) is 4.67. The van der Waals surface area contributed by atoms with Crippen molar-refractivity contribution in [2.75, 3.05) is 19.4 Å². The Labute approximate surface area is 122 Å². The number of rotatable bonds is 3. The van der Waals surface area contributed by atoms with Crippen LogP contribution < -0.4 is 5.32 Å². The minimum Gasteiger partial charge on any atom is -0.382 e. The Morgan fingerprint density at radius 3 is 2.35 bits per heavy atom. The first kappa shape index (κ1) is 14.9. The minimum absolute atomic E-state index is 0.0522. The number of benzene rings is 1. The molecule has 0 aromatic heterocycles. The fourth-order valence-corrected chi connectivity index (χ4v) is 3.06. The summed E-state index contributed by atoms with van der Waals surface area (Å²) >= 11 is 0. The molecule has 1 fully saturated rings. The zero-order valence-electron chi connectivity index (χ0n) is 13.0. The van der Waals surface area contributed by atoms with Crippen LogP contribution in [0.25, 0.3) is 0 Å². The molecule has 0 spiro atoms. The molecule has 3 unspecified atom stereocenters. The van der Waals surface area contributed by atoms with Gasteiger partial charge in [-0.2, -0.15) is 0 Å².